The van der Waals surface area contributed by atoms with Gasteiger partial charge >= 0.3 is 0 Å². The average Bonchev–Trinajstić information content (AvgIpc) is 2.34. The molecule has 1 rings (SSSR count). The maximum atomic E-state index is 9.26. The minimum absolute atomic E-state index is 0.192. The molecule has 0 heterocycles. The van der Waals surface area contributed by atoms with E-state index in [0.29, 0.717) is 12.5 Å². The Balaban J connectivity index is 2.89. The fraction of sp³-hybridized carbons (Fsp3) is 0.600. The number of rotatable bonds is 6. The molecule has 96 valence electrons. The summed E-state index contributed by atoms with van der Waals surface area (Å²) in [6.45, 7) is 7.25. The zero-order valence-electron chi connectivity index (χ0n) is 11.2. The van der Waals surface area contributed by atoms with Crippen LogP contribution in [0, 0.1) is 19.8 Å². The van der Waals surface area contributed by atoms with Gasteiger partial charge in [0.25, 0.3) is 0 Å². The molecule has 0 aliphatic carbocycles. The third-order valence-electron chi connectivity index (χ3n) is 3.58. The lowest BCUT2D eigenvalue weighted by atomic mass is 9.84. The molecule has 1 aromatic carbocycles. The largest absolute Gasteiger partial charge is 0.396 e. The zero-order valence-corrected chi connectivity index (χ0v) is 11.2. The van der Waals surface area contributed by atoms with E-state index in [-0.39, 0.29) is 12.5 Å². The highest BCUT2D eigenvalue weighted by Crippen LogP contribution is 2.29. The van der Waals surface area contributed by atoms with E-state index in [9.17, 15) is 5.11 Å². The van der Waals surface area contributed by atoms with Gasteiger partial charge in [-0.2, -0.15) is 0 Å². The Morgan fingerprint density at radius 2 is 2.00 bits per heavy atom. The molecule has 3 N–H and O–H groups in total. The summed E-state index contributed by atoms with van der Waals surface area (Å²) in [5, 5.41) is 9.26. The molecule has 2 unspecified atom stereocenters. The summed E-state index contributed by atoms with van der Waals surface area (Å²) in [7, 11) is 0. The van der Waals surface area contributed by atoms with Gasteiger partial charge in [0, 0.05) is 6.61 Å². The molecule has 0 amide bonds. The van der Waals surface area contributed by atoms with Crippen molar-refractivity contribution in [3.63, 3.8) is 0 Å². The summed E-state index contributed by atoms with van der Waals surface area (Å²) in [4.78, 5) is 0. The van der Waals surface area contributed by atoms with Gasteiger partial charge in [0.1, 0.15) is 0 Å². The lowest BCUT2D eigenvalue weighted by Gasteiger charge is -2.22. The van der Waals surface area contributed by atoms with Gasteiger partial charge in [-0.1, -0.05) is 30.7 Å². The molecular formula is C15H25NO. The van der Waals surface area contributed by atoms with Crippen molar-refractivity contribution in [2.24, 2.45) is 11.7 Å². The van der Waals surface area contributed by atoms with Gasteiger partial charge in [-0.3, -0.25) is 0 Å². The summed E-state index contributed by atoms with van der Waals surface area (Å²) < 4.78 is 0. The lowest BCUT2D eigenvalue weighted by Crippen LogP contribution is -2.21. The number of benzene rings is 1. The standard InChI is InChI=1S/C15H25NO/c1-4-14(8-13(9-16)10-17)15-7-11(2)5-6-12(15)3/h5-7,13-14,17H,4,8-10,16H2,1-3H3. The third kappa shape index (κ3) is 3.83. The first-order valence-corrected chi connectivity index (χ1v) is 6.50. The summed E-state index contributed by atoms with van der Waals surface area (Å²) in [6.07, 6.45) is 2.08. The molecule has 2 nitrogen and oxygen atoms in total. The van der Waals surface area contributed by atoms with Crippen LogP contribution in [0.5, 0.6) is 0 Å². The van der Waals surface area contributed by atoms with E-state index < -0.39 is 0 Å². The minimum atomic E-state index is 0.192. The first kappa shape index (κ1) is 14.2. The molecule has 0 saturated carbocycles. The first-order chi connectivity index (χ1) is 8.12. The second kappa shape index (κ2) is 6.77. The van der Waals surface area contributed by atoms with Gasteiger partial charge in [-0.15, -0.1) is 0 Å². The van der Waals surface area contributed by atoms with Crippen molar-refractivity contribution in [2.75, 3.05) is 13.2 Å². The summed E-state index contributed by atoms with van der Waals surface area (Å²) in [5.74, 6) is 0.732. The van der Waals surface area contributed by atoms with Crippen molar-refractivity contribution in [1.29, 1.82) is 0 Å². The highest BCUT2D eigenvalue weighted by atomic mass is 16.3. The molecule has 2 heteroatoms. The van der Waals surface area contributed by atoms with Gasteiger partial charge in [0.05, 0.1) is 0 Å². The Morgan fingerprint density at radius 3 is 2.53 bits per heavy atom. The maximum absolute atomic E-state index is 9.26. The van der Waals surface area contributed by atoms with Gasteiger partial charge in [0.2, 0.25) is 0 Å². The second-order valence-electron chi connectivity index (χ2n) is 4.99. The fourth-order valence-corrected chi connectivity index (χ4v) is 2.36. The van der Waals surface area contributed by atoms with Crippen molar-refractivity contribution < 1.29 is 5.11 Å². The maximum Gasteiger partial charge on any atom is 0.0471 e. The molecule has 0 saturated heterocycles. The van der Waals surface area contributed by atoms with Gasteiger partial charge in [-0.05, 0) is 56.2 Å². The monoisotopic (exact) mass is 235 g/mol. The van der Waals surface area contributed by atoms with Gasteiger partial charge in [-0.25, -0.2) is 0 Å². The molecule has 0 aromatic heterocycles. The molecule has 0 aliphatic rings. The fourth-order valence-electron chi connectivity index (χ4n) is 2.36. The molecule has 2 atom stereocenters. The SMILES string of the molecule is CCC(CC(CN)CO)c1cc(C)ccc1C. The lowest BCUT2D eigenvalue weighted by molar-refractivity contribution is 0.214. The Bertz CT molecular complexity index is 345. The van der Waals surface area contributed by atoms with E-state index in [0.717, 1.165) is 12.8 Å². The van der Waals surface area contributed by atoms with E-state index >= 15 is 0 Å². The van der Waals surface area contributed by atoms with Crippen LogP contribution in [0.25, 0.3) is 0 Å². The predicted octanol–water partition coefficient (Wildman–Crippen LogP) is 2.75. The highest BCUT2D eigenvalue weighted by molar-refractivity contribution is 5.33. The van der Waals surface area contributed by atoms with Crippen LogP contribution in [-0.4, -0.2) is 18.3 Å². The summed E-state index contributed by atoms with van der Waals surface area (Å²) in [5.41, 5.74) is 9.74. The number of aryl methyl sites for hydroxylation is 2. The highest BCUT2D eigenvalue weighted by Gasteiger charge is 2.17. The van der Waals surface area contributed by atoms with E-state index in [2.05, 4.69) is 39.0 Å². The molecule has 1 aromatic rings. The minimum Gasteiger partial charge on any atom is -0.396 e. The van der Waals surface area contributed by atoms with E-state index in [1.165, 1.54) is 16.7 Å². The molecular weight excluding hydrogens is 210 g/mol. The first-order valence-electron chi connectivity index (χ1n) is 6.50. The van der Waals surface area contributed by atoms with E-state index in [4.69, 9.17) is 5.73 Å². The quantitative estimate of drug-likeness (QED) is 0.796. The van der Waals surface area contributed by atoms with Crippen LogP contribution >= 0.6 is 0 Å². The molecule has 0 spiro atoms. The third-order valence-corrected chi connectivity index (χ3v) is 3.58. The topological polar surface area (TPSA) is 46.2 Å². The second-order valence-corrected chi connectivity index (χ2v) is 4.99. The molecule has 0 aliphatic heterocycles. The number of hydrogen-bond acceptors (Lipinski definition) is 2. The van der Waals surface area contributed by atoms with Crippen molar-refractivity contribution in [2.45, 2.75) is 39.5 Å². The van der Waals surface area contributed by atoms with Crippen LogP contribution in [-0.2, 0) is 0 Å². The van der Waals surface area contributed by atoms with Gasteiger partial charge < -0.3 is 10.8 Å². The Morgan fingerprint density at radius 1 is 1.29 bits per heavy atom. The molecule has 0 radical (unpaired) electrons. The Hall–Kier alpha value is -0.860. The van der Waals surface area contributed by atoms with Crippen molar-refractivity contribution >= 4 is 0 Å². The number of nitrogens with two attached hydrogens (primary N) is 1. The summed E-state index contributed by atoms with van der Waals surface area (Å²) >= 11 is 0. The van der Waals surface area contributed by atoms with Crippen LogP contribution in [0.1, 0.15) is 42.4 Å². The van der Waals surface area contributed by atoms with Crippen LogP contribution in [0.3, 0.4) is 0 Å². The normalized spacial score (nSPS) is 14.6. The van der Waals surface area contributed by atoms with Crippen molar-refractivity contribution in [3.05, 3.63) is 34.9 Å². The summed E-state index contributed by atoms with van der Waals surface area (Å²) in [6, 6.07) is 6.61. The molecule has 0 fully saturated rings. The van der Waals surface area contributed by atoms with Crippen molar-refractivity contribution in [1.82, 2.24) is 0 Å². The number of aliphatic hydroxyl groups excluding tert-OH is 1. The van der Waals surface area contributed by atoms with Crippen LogP contribution in [0.15, 0.2) is 18.2 Å². The van der Waals surface area contributed by atoms with Crippen molar-refractivity contribution in [3.8, 4) is 0 Å². The van der Waals surface area contributed by atoms with Crippen LogP contribution in [0.4, 0.5) is 0 Å². The molecule has 0 bridgehead atoms. The Kier molecular flexibility index (Phi) is 5.66. The zero-order chi connectivity index (χ0) is 12.8. The number of hydrogen-bond donors (Lipinski definition) is 2. The molecule has 17 heavy (non-hydrogen) atoms. The predicted molar refractivity (Wildman–Crippen MR) is 73.2 cm³/mol. The average molecular weight is 235 g/mol. The number of aliphatic hydroxyl groups is 1. The van der Waals surface area contributed by atoms with Crippen LogP contribution < -0.4 is 5.73 Å². The van der Waals surface area contributed by atoms with Gasteiger partial charge in [0.15, 0.2) is 0 Å². The smallest absolute Gasteiger partial charge is 0.0471 e. The van der Waals surface area contributed by atoms with E-state index in [1.807, 2.05) is 0 Å². The van der Waals surface area contributed by atoms with E-state index in [1.54, 1.807) is 0 Å². The Labute approximate surface area is 105 Å². The van der Waals surface area contributed by atoms with Crippen LogP contribution in [0.2, 0.25) is 0 Å².